The molecule has 2 amide bonds. The van der Waals surface area contributed by atoms with Crippen LogP contribution < -0.4 is 5.32 Å². The van der Waals surface area contributed by atoms with Crippen LogP contribution in [-0.2, 0) is 4.79 Å². The topological polar surface area (TPSA) is 69.6 Å². The standard InChI is InChI=1S/C13H23F3N2O3/c1-11(2,3)7-12(4,5)17-10(21)18(6-9(19)20)8-13(14,15)16/h6-8H2,1-5H3,(H,17,21)(H,19,20). The summed E-state index contributed by atoms with van der Waals surface area (Å²) in [6.45, 7) is 6.57. The van der Waals surface area contributed by atoms with E-state index < -0.39 is 36.8 Å². The molecule has 8 heteroatoms. The lowest BCUT2D eigenvalue weighted by Gasteiger charge is -2.35. The number of nitrogens with one attached hydrogen (secondary N) is 1. The first-order valence-corrected chi connectivity index (χ1v) is 6.47. The molecular weight excluding hydrogens is 289 g/mol. The van der Waals surface area contributed by atoms with Crippen molar-refractivity contribution in [2.24, 2.45) is 5.41 Å². The highest BCUT2D eigenvalue weighted by atomic mass is 19.4. The minimum atomic E-state index is -4.65. The van der Waals surface area contributed by atoms with E-state index in [0.717, 1.165) is 0 Å². The van der Waals surface area contributed by atoms with Gasteiger partial charge < -0.3 is 15.3 Å². The summed E-state index contributed by atoms with van der Waals surface area (Å²) in [6.07, 6.45) is -4.13. The summed E-state index contributed by atoms with van der Waals surface area (Å²) in [5, 5.41) is 11.1. The fraction of sp³-hybridized carbons (Fsp3) is 0.846. The number of amides is 2. The van der Waals surface area contributed by atoms with Gasteiger partial charge in [-0.15, -0.1) is 0 Å². The molecule has 2 N–H and O–H groups in total. The van der Waals surface area contributed by atoms with Crippen LogP contribution in [0.2, 0.25) is 0 Å². The molecular formula is C13H23F3N2O3. The lowest BCUT2D eigenvalue weighted by Crippen LogP contribution is -2.54. The molecule has 0 spiro atoms. The maximum Gasteiger partial charge on any atom is 0.406 e. The van der Waals surface area contributed by atoms with Crippen LogP contribution in [0.3, 0.4) is 0 Å². The van der Waals surface area contributed by atoms with Gasteiger partial charge in [0.05, 0.1) is 0 Å². The Bertz CT molecular complexity index is 387. The number of carboxylic acids is 1. The highest BCUT2D eigenvalue weighted by Crippen LogP contribution is 2.27. The number of carbonyl (C=O) groups excluding carboxylic acids is 1. The quantitative estimate of drug-likeness (QED) is 0.820. The van der Waals surface area contributed by atoms with E-state index in [1.165, 1.54) is 0 Å². The Morgan fingerprint density at radius 3 is 1.90 bits per heavy atom. The molecule has 0 heterocycles. The van der Waals surface area contributed by atoms with Crippen molar-refractivity contribution in [3.63, 3.8) is 0 Å². The third kappa shape index (κ3) is 9.97. The Hall–Kier alpha value is -1.47. The Kier molecular flexibility index (Phi) is 6.07. The highest BCUT2D eigenvalue weighted by Gasteiger charge is 2.36. The van der Waals surface area contributed by atoms with Crippen LogP contribution in [0.15, 0.2) is 0 Å². The zero-order valence-corrected chi connectivity index (χ0v) is 13.0. The van der Waals surface area contributed by atoms with Gasteiger partial charge >= 0.3 is 18.2 Å². The van der Waals surface area contributed by atoms with Crippen molar-refractivity contribution in [1.82, 2.24) is 10.2 Å². The van der Waals surface area contributed by atoms with Gasteiger partial charge in [0.25, 0.3) is 0 Å². The molecule has 21 heavy (non-hydrogen) atoms. The Labute approximate surface area is 122 Å². The predicted molar refractivity (Wildman–Crippen MR) is 71.9 cm³/mol. The van der Waals surface area contributed by atoms with E-state index in [1.54, 1.807) is 13.8 Å². The first-order valence-electron chi connectivity index (χ1n) is 6.47. The molecule has 0 saturated carbocycles. The minimum absolute atomic E-state index is 0.140. The summed E-state index contributed by atoms with van der Waals surface area (Å²) >= 11 is 0. The molecule has 0 aliphatic heterocycles. The largest absolute Gasteiger partial charge is 0.480 e. The van der Waals surface area contributed by atoms with Crippen molar-refractivity contribution in [1.29, 1.82) is 0 Å². The van der Waals surface area contributed by atoms with Crippen molar-refractivity contribution in [2.75, 3.05) is 13.1 Å². The van der Waals surface area contributed by atoms with Crippen LogP contribution >= 0.6 is 0 Å². The number of carboxylic acid groups (broad SMARTS) is 1. The second-order valence-corrected chi connectivity index (χ2v) is 6.92. The Morgan fingerprint density at radius 2 is 1.57 bits per heavy atom. The van der Waals surface area contributed by atoms with Gasteiger partial charge in [-0.1, -0.05) is 20.8 Å². The van der Waals surface area contributed by atoms with Crippen LogP contribution in [-0.4, -0.2) is 46.8 Å². The highest BCUT2D eigenvalue weighted by molar-refractivity contribution is 5.80. The molecule has 0 bridgehead atoms. The number of nitrogens with zero attached hydrogens (tertiary/aromatic N) is 1. The summed E-state index contributed by atoms with van der Waals surface area (Å²) in [5.41, 5.74) is -0.893. The van der Waals surface area contributed by atoms with Crippen molar-refractivity contribution in [3.8, 4) is 0 Å². The summed E-state index contributed by atoms with van der Waals surface area (Å²) in [4.78, 5) is 22.8. The second-order valence-electron chi connectivity index (χ2n) is 6.92. The summed E-state index contributed by atoms with van der Waals surface area (Å²) in [5.74, 6) is -1.50. The van der Waals surface area contributed by atoms with Crippen LogP contribution in [0, 0.1) is 5.41 Å². The molecule has 0 saturated heterocycles. The summed E-state index contributed by atoms with van der Waals surface area (Å²) < 4.78 is 37.2. The minimum Gasteiger partial charge on any atom is -0.480 e. The number of carbonyl (C=O) groups is 2. The average molecular weight is 312 g/mol. The lowest BCUT2D eigenvalue weighted by atomic mass is 9.82. The molecule has 0 aromatic rings. The van der Waals surface area contributed by atoms with E-state index in [4.69, 9.17) is 5.11 Å². The molecule has 5 nitrogen and oxygen atoms in total. The lowest BCUT2D eigenvalue weighted by molar-refractivity contribution is -0.149. The summed E-state index contributed by atoms with van der Waals surface area (Å²) in [6, 6.07) is -1.04. The monoisotopic (exact) mass is 312 g/mol. The van der Waals surface area contributed by atoms with Gasteiger partial charge in [-0.2, -0.15) is 13.2 Å². The van der Waals surface area contributed by atoms with Crippen molar-refractivity contribution in [2.45, 2.75) is 52.8 Å². The van der Waals surface area contributed by atoms with Gasteiger partial charge in [0.2, 0.25) is 0 Å². The first-order chi connectivity index (χ1) is 9.11. The molecule has 0 aliphatic rings. The molecule has 0 aliphatic carbocycles. The molecule has 0 aromatic heterocycles. The van der Waals surface area contributed by atoms with E-state index in [2.05, 4.69) is 5.32 Å². The number of halogens is 3. The zero-order valence-electron chi connectivity index (χ0n) is 13.0. The van der Waals surface area contributed by atoms with Crippen LogP contribution in [0.4, 0.5) is 18.0 Å². The van der Waals surface area contributed by atoms with Gasteiger partial charge in [-0.3, -0.25) is 4.79 Å². The number of urea groups is 1. The molecule has 0 rings (SSSR count). The fourth-order valence-electron chi connectivity index (χ4n) is 2.32. The number of hydrogen-bond donors (Lipinski definition) is 2. The number of rotatable bonds is 5. The maximum atomic E-state index is 12.4. The Morgan fingerprint density at radius 1 is 1.10 bits per heavy atom. The average Bonchev–Trinajstić information content (AvgIpc) is 2.07. The molecule has 0 fully saturated rings. The van der Waals surface area contributed by atoms with Crippen molar-refractivity contribution < 1.29 is 27.9 Å². The normalized spacial score (nSPS) is 13.0. The van der Waals surface area contributed by atoms with E-state index in [0.29, 0.717) is 6.42 Å². The maximum absolute atomic E-state index is 12.4. The van der Waals surface area contributed by atoms with Crippen molar-refractivity contribution >= 4 is 12.0 Å². The number of aliphatic carboxylic acids is 1. The second kappa shape index (κ2) is 6.53. The molecule has 124 valence electrons. The van der Waals surface area contributed by atoms with Gasteiger partial charge in [0, 0.05) is 5.54 Å². The smallest absolute Gasteiger partial charge is 0.406 e. The van der Waals surface area contributed by atoms with E-state index >= 15 is 0 Å². The van der Waals surface area contributed by atoms with Crippen LogP contribution in [0.5, 0.6) is 0 Å². The third-order valence-corrected chi connectivity index (χ3v) is 2.40. The van der Waals surface area contributed by atoms with Gasteiger partial charge in [-0.25, -0.2) is 4.79 Å². The zero-order chi connectivity index (χ0) is 17.1. The van der Waals surface area contributed by atoms with Gasteiger partial charge in [-0.05, 0) is 25.7 Å². The molecule has 0 aromatic carbocycles. The molecule has 0 atom stereocenters. The molecule has 0 unspecified atom stereocenters. The van der Waals surface area contributed by atoms with E-state index in [1.807, 2.05) is 20.8 Å². The molecule has 0 radical (unpaired) electrons. The number of hydrogen-bond acceptors (Lipinski definition) is 2. The van der Waals surface area contributed by atoms with E-state index in [9.17, 15) is 22.8 Å². The van der Waals surface area contributed by atoms with Crippen LogP contribution in [0.25, 0.3) is 0 Å². The number of alkyl halides is 3. The fourth-order valence-corrected chi connectivity index (χ4v) is 2.32. The predicted octanol–water partition coefficient (Wildman–Crippen LogP) is 2.86. The SMILES string of the molecule is CC(C)(C)CC(C)(C)NC(=O)N(CC(=O)O)CC(F)(F)F. The van der Waals surface area contributed by atoms with Crippen LogP contribution in [0.1, 0.15) is 41.0 Å². The van der Waals surface area contributed by atoms with Crippen molar-refractivity contribution in [3.05, 3.63) is 0 Å². The first kappa shape index (κ1) is 19.5. The van der Waals surface area contributed by atoms with Gasteiger partial charge in [0.15, 0.2) is 0 Å². The van der Waals surface area contributed by atoms with E-state index in [-0.39, 0.29) is 10.3 Å². The van der Waals surface area contributed by atoms with Gasteiger partial charge in [0.1, 0.15) is 13.1 Å². The third-order valence-electron chi connectivity index (χ3n) is 2.40. The summed E-state index contributed by atoms with van der Waals surface area (Å²) in [7, 11) is 0. The Balaban J connectivity index is 4.92.